The number of nitrogens with zero attached hydrogens (tertiary/aromatic N) is 4. The number of pyridine rings is 1. The first-order chi connectivity index (χ1) is 17.1. The minimum atomic E-state index is -0.119. The standard InChI is InChI=1S/C27H29N5O3/c1-18-17-32(27(33)31-23-8-9-25(34-2)28-16-23)11-10-21(18)12-19-4-3-5-24(13-19)35-26-29-14-22(15-30-26)20-6-7-20/h3-5,8-9,12-16,18,20H,6-7,10-11,17H2,1-2H3,(H,31,33). The van der Waals surface area contributed by atoms with E-state index in [4.69, 9.17) is 9.47 Å². The number of carbonyl (C=O) groups excluding carboxylic acids is 1. The highest BCUT2D eigenvalue weighted by molar-refractivity contribution is 5.89. The zero-order chi connectivity index (χ0) is 24.2. The van der Waals surface area contributed by atoms with Crippen LogP contribution in [-0.4, -0.2) is 46.1 Å². The zero-order valence-corrected chi connectivity index (χ0v) is 20.0. The van der Waals surface area contributed by atoms with Crippen LogP contribution in [0.2, 0.25) is 0 Å². The van der Waals surface area contributed by atoms with Crippen LogP contribution < -0.4 is 14.8 Å². The third kappa shape index (κ3) is 5.77. The number of likely N-dealkylation sites (tertiary alicyclic amines) is 1. The predicted molar refractivity (Wildman–Crippen MR) is 134 cm³/mol. The van der Waals surface area contributed by atoms with E-state index in [1.807, 2.05) is 35.5 Å². The lowest BCUT2D eigenvalue weighted by Crippen LogP contribution is -2.42. The minimum Gasteiger partial charge on any atom is -0.481 e. The van der Waals surface area contributed by atoms with Crippen molar-refractivity contribution in [2.45, 2.75) is 32.1 Å². The van der Waals surface area contributed by atoms with Crippen molar-refractivity contribution in [3.8, 4) is 17.6 Å². The van der Waals surface area contributed by atoms with Crippen molar-refractivity contribution in [1.82, 2.24) is 19.9 Å². The van der Waals surface area contributed by atoms with Gasteiger partial charge in [0, 0.05) is 31.5 Å². The number of anilines is 1. The number of benzene rings is 1. The molecule has 1 aliphatic carbocycles. The number of carbonyl (C=O) groups is 1. The van der Waals surface area contributed by atoms with E-state index in [1.165, 1.54) is 24.0 Å². The van der Waals surface area contributed by atoms with E-state index in [2.05, 4.69) is 39.3 Å². The van der Waals surface area contributed by atoms with Crippen LogP contribution in [0.15, 0.2) is 60.6 Å². The van der Waals surface area contributed by atoms with Gasteiger partial charge in [0.15, 0.2) is 0 Å². The number of nitrogens with one attached hydrogen (secondary N) is 1. The highest BCUT2D eigenvalue weighted by Gasteiger charge is 2.25. The van der Waals surface area contributed by atoms with E-state index in [1.54, 1.807) is 25.4 Å². The maximum Gasteiger partial charge on any atom is 0.321 e. The second kappa shape index (κ2) is 10.1. The quantitative estimate of drug-likeness (QED) is 0.510. The van der Waals surface area contributed by atoms with Gasteiger partial charge >= 0.3 is 12.0 Å². The number of hydrogen-bond donors (Lipinski definition) is 1. The van der Waals surface area contributed by atoms with Crippen LogP contribution in [0.5, 0.6) is 17.6 Å². The molecule has 2 amide bonds. The topological polar surface area (TPSA) is 89.5 Å². The molecule has 1 atom stereocenters. The van der Waals surface area contributed by atoms with Crippen molar-refractivity contribution in [2.24, 2.45) is 5.92 Å². The molecule has 5 rings (SSSR count). The average Bonchev–Trinajstić information content (AvgIpc) is 3.72. The van der Waals surface area contributed by atoms with E-state index in [0.29, 0.717) is 42.3 Å². The molecular weight excluding hydrogens is 442 g/mol. The molecule has 2 aromatic heterocycles. The summed E-state index contributed by atoms with van der Waals surface area (Å²) >= 11 is 0. The molecule has 3 heterocycles. The van der Waals surface area contributed by atoms with Crippen molar-refractivity contribution >= 4 is 17.8 Å². The van der Waals surface area contributed by atoms with Crippen LogP contribution in [0.4, 0.5) is 10.5 Å². The van der Waals surface area contributed by atoms with Gasteiger partial charge in [-0.1, -0.05) is 30.7 Å². The Kier molecular flexibility index (Phi) is 6.61. The van der Waals surface area contributed by atoms with Crippen molar-refractivity contribution in [2.75, 3.05) is 25.5 Å². The van der Waals surface area contributed by atoms with Crippen molar-refractivity contribution in [1.29, 1.82) is 0 Å². The number of ether oxygens (including phenoxy) is 2. The minimum absolute atomic E-state index is 0.119. The Bertz CT molecular complexity index is 1210. The number of hydrogen-bond acceptors (Lipinski definition) is 6. The van der Waals surface area contributed by atoms with Gasteiger partial charge in [-0.05, 0) is 60.4 Å². The average molecular weight is 472 g/mol. The number of urea groups is 1. The molecule has 1 saturated carbocycles. The van der Waals surface area contributed by atoms with Crippen LogP contribution in [0.3, 0.4) is 0 Å². The summed E-state index contributed by atoms with van der Waals surface area (Å²) in [6.07, 6.45) is 10.8. The molecule has 2 fully saturated rings. The Morgan fingerprint density at radius 3 is 2.63 bits per heavy atom. The van der Waals surface area contributed by atoms with Gasteiger partial charge in [-0.25, -0.2) is 19.7 Å². The molecule has 2 aliphatic rings. The lowest BCUT2D eigenvalue weighted by atomic mass is 9.91. The van der Waals surface area contributed by atoms with Crippen LogP contribution in [0.1, 0.15) is 43.2 Å². The summed E-state index contributed by atoms with van der Waals surface area (Å²) in [4.78, 5) is 27.4. The Labute approximate surface area is 205 Å². The fraction of sp³-hybridized carbons (Fsp3) is 0.333. The van der Waals surface area contributed by atoms with Gasteiger partial charge in [-0.15, -0.1) is 0 Å². The van der Waals surface area contributed by atoms with Gasteiger partial charge in [0.1, 0.15) is 5.75 Å². The second-order valence-corrected chi connectivity index (χ2v) is 9.08. The molecule has 1 aliphatic heterocycles. The molecule has 180 valence electrons. The fourth-order valence-electron chi connectivity index (χ4n) is 4.22. The van der Waals surface area contributed by atoms with Crippen molar-refractivity contribution in [3.05, 3.63) is 71.7 Å². The Morgan fingerprint density at radius 1 is 1.11 bits per heavy atom. The number of aromatic nitrogens is 3. The smallest absolute Gasteiger partial charge is 0.321 e. The molecule has 1 saturated heterocycles. The number of amides is 2. The van der Waals surface area contributed by atoms with Gasteiger partial charge in [-0.2, -0.15) is 0 Å². The lowest BCUT2D eigenvalue weighted by Gasteiger charge is -2.33. The molecule has 1 unspecified atom stereocenters. The van der Waals surface area contributed by atoms with Gasteiger partial charge in [0.05, 0.1) is 19.0 Å². The summed E-state index contributed by atoms with van der Waals surface area (Å²) in [5, 5.41) is 2.91. The van der Waals surface area contributed by atoms with Gasteiger partial charge in [-0.3, -0.25) is 0 Å². The fourth-order valence-corrected chi connectivity index (χ4v) is 4.22. The summed E-state index contributed by atoms with van der Waals surface area (Å²) in [7, 11) is 1.56. The van der Waals surface area contributed by atoms with Gasteiger partial charge in [0.25, 0.3) is 0 Å². The van der Waals surface area contributed by atoms with E-state index in [-0.39, 0.29) is 11.9 Å². The highest BCUT2D eigenvalue weighted by atomic mass is 16.5. The molecule has 1 aromatic carbocycles. The summed E-state index contributed by atoms with van der Waals surface area (Å²) < 4.78 is 10.9. The van der Waals surface area contributed by atoms with Crippen LogP contribution in [0, 0.1) is 5.92 Å². The molecule has 8 nitrogen and oxygen atoms in total. The van der Waals surface area contributed by atoms with Crippen LogP contribution >= 0.6 is 0 Å². The van der Waals surface area contributed by atoms with Gasteiger partial charge in [0.2, 0.25) is 5.88 Å². The first-order valence-corrected chi connectivity index (χ1v) is 11.9. The normalized spacial score (nSPS) is 18.9. The molecule has 3 aromatic rings. The Morgan fingerprint density at radius 2 is 1.94 bits per heavy atom. The summed E-state index contributed by atoms with van der Waals surface area (Å²) in [6, 6.07) is 11.7. The summed E-state index contributed by atoms with van der Waals surface area (Å²) in [5.74, 6) is 2.08. The largest absolute Gasteiger partial charge is 0.481 e. The van der Waals surface area contributed by atoms with Gasteiger partial charge < -0.3 is 19.7 Å². The molecule has 0 radical (unpaired) electrons. The number of piperidine rings is 1. The molecule has 0 bridgehead atoms. The van der Waals surface area contributed by atoms with Crippen LogP contribution in [0.25, 0.3) is 6.08 Å². The first kappa shape index (κ1) is 22.8. The third-order valence-electron chi connectivity index (χ3n) is 6.40. The third-order valence-corrected chi connectivity index (χ3v) is 6.40. The van der Waals surface area contributed by atoms with E-state index < -0.39 is 0 Å². The monoisotopic (exact) mass is 471 g/mol. The molecule has 0 spiro atoms. The maximum atomic E-state index is 12.7. The second-order valence-electron chi connectivity index (χ2n) is 9.08. The number of methoxy groups -OCH3 is 1. The predicted octanol–water partition coefficient (Wildman–Crippen LogP) is 5.51. The maximum absolute atomic E-state index is 12.7. The van der Waals surface area contributed by atoms with Crippen LogP contribution in [-0.2, 0) is 0 Å². The zero-order valence-electron chi connectivity index (χ0n) is 20.0. The Hall–Kier alpha value is -3.94. The molecular formula is C27H29N5O3. The molecule has 8 heteroatoms. The first-order valence-electron chi connectivity index (χ1n) is 11.9. The van der Waals surface area contributed by atoms with Crippen molar-refractivity contribution < 1.29 is 14.3 Å². The van der Waals surface area contributed by atoms with E-state index in [9.17, 15) is 4.79 Å². The van der Waals surface area contributed by atoms with E-state index >= 15 is 0 Å². The van der Waals surface area contributed by atoms with E-state index in [0.717, 1.165) is 12.0 Å². The van der Waals surface area contributed by atoms with Crippen molar-refractivity contribution in [3.63, 3.8) is 0 Å². The lowest BCUT2D eigenvalue weighted by molar-refractivity contribution is 0.198. The Balaban J connectivity index is 1.19. The molecule has 1 N–H and O–H groups in total. The summed E-state index contributed by atoms with van der Waals surface area (Å²) in [6.45, 7) is 3.46. The molecule has 35 heavy (non-hydrogen) atoms. The number of rotatable bonds is 6. The SMILES string of the molecule is COc1ccc(NC(=O)N2CCC(=Cc3cccc(Oc4ncc(C5CC5)cn4)c3)C(C)C2)cn1. The highest BCUT2D eigenvalue weighted by Crippen LogP contribution is 2.39. The summed E-state index contributed by atoms with van der Waals surface area (Å²) in [5.41, 5.74) is 4.20.